The molecule has 0 spiro atoms. The van der Waals surface area contributed by atoms with Crippen molar-refractivity contribution in [3.8, 4) is 23.8 Å². The minimum Gasteiger partial charge on any atom is -0.493 e. The van der Waals surface area contributed by atoms with Crippen molar-refractivity contribution in [1.29, 1.82) is 0 Å². The molecule has 0 aromatic heterocycles. The molecule has 3 rings (SSSR count). The Hall–Kier alpha value is -3.32. The predicted octanol–water partition coefficient (Wildman–Crippen LogP) is 3.29. The fraction of sp³-hybridized carbons (Fsp3) is 0.136. The van der Waals surface area contributed by atoms with Crippen LogP contribution in [-0.2, 0) is 9.59 Å². The first kappa shape index (κ1) is 21.4. The van der Waals surface area contributed by atoms with Gasteiger partial charge in [0.15, 0.2) is 11.5 Å². The quantitative estimate of drug-likeness (QED) is 0.286. The van der Waals surface area contributed by atoms with Crippen molar-refractivity contribution in [3.63, 3.8) is 0 Å². The third kappa shape index (κ3) is 4.31. The Kier molecular flexibility index (Phi) is 6.42. The van der Waals surface area contributed by atoms with Gasteiger partial charge in [0.25, 0.3) is 11.8 Å². The number of urea groups is 1. The van der Waals surface area contributed by atoms with Crippen LogP contribution in [-0.4, -0.2) is 31.6 Å². The molecule has 2 aromatic carbocycles. The van der Waals surface area contributed by atoms with E-state index in [4.69, 9.17) is 15.9 Å². The highest BCUT2D eigenvalue weighted by atomic mass is 127. The maximum atomic E-state index is 13.0. The van der Waals surface area contributed by atoms with Crippen molar-refractivity contribution in [2.24, 2.45) is 0 Å². The molecule has 1 aliphatic heterocycles. The van der Waals surface area contributed by atoms with E-state index in [1.807, 2.05) is 29.5 Å². The fourth-order valence-corrected chi connectivity index (χ4v) is 3.61. The summed E-state index contributed by atoms with van der Waals surface area (Å²) in [5, 5.41) is 2.20. The first-order valence-electron chi connectivity index (χ1n) is 8.77. The SMILES string of the molecule is C#CCOc1c(I)cc(C=C2C(=O)NC(=O)N(c3ccc(C)cc3)C2=O)cc1OC. The van der Waals surface area contributed by atoms with E-state index in [1.54, 1.807) is 36.4 Å². The molecule has 1 aliphatic rings. The standard InChI is InChI=1S/C22H17IN2O5/c1-4-9-30-19-17(23)11-14(12-18(19)29-3)10-16-20(26)24-22(28)25(21(16)27)15-7-5-13(2)6-8-15/h1,5-8,10-12H,9H2,2-3H3,(H,24,26,28). The highest BCUT2D eigenvalue weighted by molar-refractivity contribution is 14.1. The zero-order valence-corrected chi connectivity index (χ0v) is 18.3. The first-order chi connectivity index (χ1) is 14.3. The number of methoxy groups -OCH3 is 1. The van der Waals surface area contributed by atoms with Crippen LogP contribution in [0.4, 0.5) is 10.5 Å². The topological polar surface area (TPSA) is 84.9 Å². The van der Waals surface area contributed by atoms with E-state index in [2.05, 4.69) is 11.2 Å². The van der Waals surface area contributed by atoms with Gasteiger partial charge in [0.05, 0.1) is 16.4 Å². The molecule has 152 valence electrons. The third-order valence-electron chi connectivity index (χ3n) is 4.26. The molecule has 0 radical (unpaired) electrons. The van der Waals surface area contributed by atoms with Gasteiger partial charge in [-0.15, -0.1) is 6.42 Å². The van der Waals surface area contributed by atoms with Crippen LogP contribution in [0, 0.1) is 22.8 Å². The van der Waals surface area contributed by atoms with Crippen molar-refractivity contribution in [2.45, 2.75) is 6.92 Å². The summed E-state index contributed by atoms with van der Waals surface area (Å²) < 4.78 is 11.5. The summed E-state index contributed by atoms with van der Waals surface area (Å²) >= 11 is 2.05. The molecule has 0 atom stereocenters. The van der Waals surface area contributed by atoms with Gasteiger partial charge >= 0.3 is 6.03 Å². The first-order valence-corrected chi connectivity index (χ1v) is 9.85. The number of halogens is 1. The molecule has 8 heteroatoms. The number of carbonyl (C=O) groups is 3. The Bertz CT molecular complexity index is 1100. The van der Waals surface area contributed by atoms with Crippen LogP contribution in [0.3, 0.4) is 0 Å². The number of hydrogen-bond donors (Lipinski definition) is 1. The highest BCUT2D eigenvalue weighted by Gasteiger charge is 2.36. The van der Waals surface area contributed by atoms with E-state index in [1.165, 1.54) is 13.2 Å². The normalized spacial score (nSPS) is 15.1. The number of nitrogens with one attached hydrogen (secondary N) is 1. The van der Waals surface area contributed by atoms with Gasteiger partial charge in [0, 0.05) is 0 Å². The number of imide groups is 2. The minimum absolute atomic E-state index is 0.0707. The zero-order valence-electron chi connectivity index (χ0n) is 16.2. The van der Waals surface area contributed by atoms with E-state index < -0.39 is 17.8 Å². The van der Waals surface area contributed by atoms with Gasteiger partial charge in [0.1, 0.15) is 12.2 Å². The predicted molar refractivity (Wildman–Crippen MR) is 120 cm³/mol. The second-order valence-electron chi connectivity index (χ2n) is 6.32. The Morgan fingerprint density at radius 2 is 1.90 bits per heavy atom. The van der Waals surface area contributed by atoms with Gasteiger partial charge in [-0.1, -0.05) is 23.6 Å². The average Bonchev–Trinajstić information content (AvgIpc) is 2.71. The molecule has 7 nitrogen and oxygen atoms in total. The monoisotopic (exact) mass is 516 g/mol. The second kappa shape index (κ2) is 9.00. The van der Waals surface area contributed by atoms with Crippen LogP contribution in [0.5, 0.6) is 11.5 Å². The largest absolute Gasteiger partial charge is 0.493 e. The van der Waals surface area contributed by atoms with Crippen molar-refractivity contribution in [1.82, 2.24) is 5.32 Å². The van der Waals surface area contributed by atoms with Gasteiger partial charge in [-0.3, -0.25) is 14.9 Å². The molecule has 2 aromatic rings. The number of terminal acetylenes is 1. The third-order valence-corrected chi connectivity index (χ3v) is 5.06. The molecule has 0 unspecified atom stereocenters. The summed E-state index contributed by atoms with van der Waals surface area (Å²) in [7, 11) is 1.47. The summed E-state index contributed by atoms with van der Waals surface area (Å²) in [5.74, 6) is 1.77. The number of amides is 4. The number of aryl methyl sites for hydroxylation is 1. The lowest BCUT2D eigenvalue weighted by Gasteiger charge is -2.26. The maximum Gasteiger partial charge on any atom is 0.335 e. The van der Waals surface area contributed by atoms with E-state index in [-0.39, 0.29) is 12.2 Å². The molecule has 1 saturated heterocycles. The lowest BCUT2D eigenvalue weighted by Crippen LogP contribution is -2.54. The number of anilines is 1. The highest BCUT2D eigenvalue weighted by Crippen LogP contribution is 2.35. The molecule has 0 saturated carbocycles. The number of ether oxygens (including phenoxy) is 2. The summed E-state index contributed by atoms with van der Waals surface area (Å²) in [5.41, 5.74) is 1.70. The van der Waals surface area contributed by atoms with E-state index >= 15 is 0 Å². The Labute approximate surface area is 187 Å². The number of benzene rings is 2. The van der Waals surface area contributed by atoms with Crippen LogP contribution >= 0.6 is 22.6 Å². The molecule has 4 amide bonds. The molecule has 0 aliphatic carbocycles. The van der Waals surface area contributed by atoms with Gasteiger partial charge in [-0.2, -0.15) is 0 Å². The van der Waals surface area contributed by atoms with Crippen LogP contribution in [0.15, 0.2) is 42.0 Å². The van der Waals surface area contributed by atoms with Crippen LogP contribution in [0.2, 0.25) is 0 Å². The maximum absolute atomic E-state index is 13.0. The van der Waals surface area contributed by atoms with E-state index in [0.717, 1.165) is 10.5 Å². The van der Waals surface area contributed by atoms with Crippen molar-refractivity contribution < 1.29 is 23.9 Å². The summed E-state index contributed by atoms with van der Waals surface area (Å²) in [6.07, 6.45) is 6.64. The molecule has 0 bridgehead atoms. The van der Waals surface area contributed by atoms with Crippen LogP contribution in [0.1, 0.15) is 11.1 Å². The number of nitrogens with zero attached hydrogens (tertiary/aromatic N) is 1. The number of rotatable bonds is 5. The molecule has 30 heavy (non-hydrogen) atoms. The summed E-state index contributed by atoms with van der Waals surface area (Å²) in [6.45, 7) is 1.96. The average molecular weight is 516 g/mol. The zero-order chi connectivity index (χ0) is 21.8. The lowest BCUT2D eigenvalue weighted by molar-refractivity contribution is -0.122. The number of hydrogen-bond acceptors (Lipinski definition) is 5. The Morgan fingerprint density at radius 1 is 1.20 bits per heavy atom. The van der Waals surface area contributed by atoms with Gasteiger partial charge in [-0.05, 0) is 65.4 Å². The molecule has 1 N–H and O–H groups in total. The van der Waals surface area contributed by atoms with E-state index in [0.29, 0.717) is 26.3 Å². The Balaban J connectivity index is 2.01. The smallest absolute Gasteiger partial charge is 0.335 e. The van der Waals surface area contributed by atoms with Gasteiger partial charge < -0.3 is 9.47 Å². The fourth-order valence-electron chi connectivity index (χ4n) is 2.83. The van der Waals surface area contributed by atoms with Gasteiger partial charge in [-0.25, -0.2) is 9.69 Å². The Morgan fingerprint density at radius 3 is 2.53 bits per heavy atom. The van der Waals surface area contributed by atoms with Crippen LogP contribution in [0.25, 0.3) is 6.08 Å². The number of barbiturate groups is 1. The molecular weight excluding hydrogens is 499 g/mol. The van der Waals surface area contributed by atoms with E-state index in [9.17, 15) is 14.4 Å². The lowest BCUT2D eigenvalue weighted by atomic mass is 10.1. The minimum atomic E-state index is -0.795. The molecule has 1 fully saturated rings. The molecule has 1 heterocycles. The molecular formula is C22H17IN2O5. The van der Waals surface area contributed by atoms with Crippen LogP contribution < -0.4 is 19.7 Å². The summed E-state index contributed by atoms with van der Waals surface area (Å²) in [4.78, 5) is 38.6. The summed E-state index contributed by atoms with van der Waals surface area (Å²) in [6, 6.07) is 9.38. The van der Waals surface area contributed by atoms with Crippen molar-refractivity contribution in [2.75, 3.05) is 18.6 Å². The van der Waals surface area contributed by atoms with Crippen molar-refractivity contribution >= 4 is 52.2 Å². The number of carbonyl (C=O) groups excluding carboxylic acids is 3. The van der Waals surface area contributed by atoms with Crippen molar-refractivity contribution in [3.05, 3.63) is 56.7 Å². The second-order valence-corrected chi connectivity index (χ2v) is 7.48. The van der Waals surface area contributed by atoms with Gasteiger partial charge in [0.2, 0.25) is 0 Å².